The monoisotopic (exact) mass is 1900 g/mol. The van der Waals surface area contributed by atoms with Crippen molar-refractivity contribution in [3.63, 3.8) is 0 Å². The van der Waals surface area contributed by atoms with Crippen molar-refractivity contribution in [3.05, 3.63) is 370 Å². The molecule has 0 saturated carbocycles. The van der Waals surface area contributed by atoms with Crippen molar-refractivity contribution >= 4 is 83.6 Å². The van der Waals surface area contributed by atoms with Crippen LogP contribution < -0.4 is 5.69 Å². The highest BCUT2D eigenvalue weighted by atomic mass is 32.2. The molecule has 746 valence electrons. The molecule has 137 heavy (non-hydrogen) atoms. The minimum atomic E-state index is -0.219. The number of fused-ring (bicyclic) bond motifs is 5. The average Bonchev–Trinajstić information content (AvgIpc) is 1.79. The highest BCUT2D eigenvalue weighted by molar-refractivity contribution is 7.99. The van der Waals surface area contributed by atoms with Crippen LogP contribution in [0.2, 0.25) is 0 Å². The summed E-state index contributed by atoms with van der Waals surface area (Å²) < 4.78 is 12.6. The lowest BCUT2D eigenvalue weighted by Crippen LogP contribution is -2.21. The number of nitrogens with zero attached hydrogens (tertiary/aromatic N) is 12. The van der Waals surface area contributed by atoms with Gasteiger partial charge in [0, 0.05) is 75.8 Å². The number of nitrogens with one attached hydrogen (secondary N) is 1. The van der Waals surface area contributed by atoms with Gasteiger partial charge in [0.2, 0.25) is 0 Å². The Hall–Kier alpha value is -12.4. The molecule has 9 aromatic carbocycles. The molecule has 0 amide bonds. The molecule has 1 fully saturated rings. The van der Waals surface area contributed by atoms with Crippen LogP contribution >= 0.6 is 23.1 Å². The Labute approximate surface area is 837 Å². The number of rotatable bonds is 2. The minimum absolute atomic E-state index is 0.0660. The first-order valence-electron chi connectivity index (χ1n) is 49.5. The zero-order valence-electron chi connectivity index (χ0n) is 91.3. The summed E-state index contributed by atoms with van der Waals surface area (Å²) in [5.41, 5.74) is 19.0. The highest BCUT2D eigenvalue weighted by Gasteiger charge is 2.12. The largest absolute Gasteiger partial charge is 0.364 e. The van der Waals surface area contributed by atoms with Crippen LogP contribution in [-0.2, 0) is 5.54 Å². The number of thiazole rings is 1. The number of allylic oxidation sites excluding steroid dienone is 2. The summed E-state index contributed by atoms with van der Waals surface area (Å²) in [6, 6.07) is 78.3. The van der Waals surface area contributed by atoms with E-state index in [-0.39, 0.29) is 11.2 Å². The molecule has 0 spiro atoms. The Bertz CT molecular complexity index is 5340. The summed E-state index contributed by atoms with van der Waals surface area (Å²) in [6.07, 6.45) is 21.7. The summed E-state index contributed by atoms with van der Waals surface area (Å²) in [6.45, 7) is 77.0. The molecule has 1 N–H and O–H groups in total. The Morgan fingerprint density at radius 1 is 0.438 bits per heavy atom. The molecule has 1 saturated heterocycles. The number of hydrogen-bond donors (Lipinski definition) is 1. The molecule has 1 atom stereocenters. The van der Waals surface area contributed by atoms with Crippen LogP contribution in [0.15, 0.2) is 328 Å². The van der Waals surface area contributed by atoms with Crippen molar-refractivity contribution in [1.82, 2.24) is 59.8 Å². The number of aryl methyl sites for hydroxylation is 9. The summed E-state index contributed by atoms with van der Waals surface area (Å²) in [4.78, 5) is 35.7. The Balaban J connectivity index is -0.000000456. The van der Waals surface area contributed by atoms with Gasteiger partial charge in [0.1, 0.15) is 31.0 Å². The van der Waals surface area contributed by atoms with Crippen LogP contribution in [0, 0.1) is 68.2 Å². The lowest BCUT2D eigenvalue weighted by molar-refractivity contribution is 0.354. The van der Waals surface area contributed by atoms with E-state index in [1.54, 1.807) is 48.7 Å². The first-order valence-corrected chi connectivity index (χ1v) is 51.6. The van der Waals surface area contributed by atoms with E-state index >= 15 is 0 Å². The van der Waals surface area contributed by atoms with E-state index in [2.05, 4.69) is 317 Å². The van der Waals surface area contributed by atoms with Gasteiger partial charge in [-0.1, -0.05) is 388 Å². The van der Waals surface area contributed by atoms with Gasteiger partial charge in [0.05, 0.1) is 45.7 Å². The maximum Gasteiger partial charge on any atom is 0.347 e. The van der Waals surface area contributed by atoms with E-state index in [1.165, 1.54) is 105 Å². The highest BCUT2D eigenvalue weighted by Crippen LogP contribution is 2.23. The molecule has 18 heteroatoms. The van der Waals surface area contributed by atoms with Gasteiger partial charge < -0.3 is 9.05 Å². The van der Waals surface area contributed by atoms with Crippen LogP contribution in [-0.4, -0.2) is 77.5 Å². The maximum absolute atomic E-state index is 11.1. The zero-order chi connectivity index (χ0) is 105. The molecule has 8 aromatic heterocycles. The van der Waals surface area contributed by atoms with Crippen molar-refractivity contribution in [1.29, 1.82) is 0 Å². The van der Waals surface area contributed by atoms with Gasteiger partial charge >= 0.3 is 5.69 Å². The van der Waals surface area contributed by atoms with Gasteiger partial charge in [-0.15, -0.1) is 11.3 Å². The smallest absolute Gasteiger partial charge is 0.347 e. The van der Waals surface area contributed by atoms with Crippen molar-refractivity contribution in [2.45, 2.75) is 281 Å². The maximum atomic E-state index is 11.1. The van der Waals surface area contributed by atoms with E-state index in [4.69, 9.17) is 4.52 Å². The average molecular weight is 1900 g/mol. The number of pyridine rings is 3. The summed E-state index contributed by atoms with van der Waals surface area (Å²) >= 11 is 3.71. The first-order chi connectivity index (χ1) is 66.6. The number of thioether (sulfide) groups is 1. The van der Waals surface area contributed by atoms with Gasteiger partial charge in [0.25, 0.3) is 0 Å². The molecular weight excluding hydrogens is 1720 g/mol. The lowest BCUT2D eigenvalue weighted by Gasteiger charge is -2.17. The van der Waals surface area contributed by atoms with Crippen LogP contribution in [0.3, 0.4) is 0 Å². The topological polar surface area (TPSA) is 197 Å². The molecule has 19 rings (SSSR count). The molecule has 2 aliphatic rings. The summed E-state index contributed by atoms with van der Waals surface area (Å²) in [5, 5.41) is 28.0. The summed E-state index contributed by atoms with van der Waals surface area (Å²) in [5.74, 6) is 4.67. The number of aromatic nitrogens is 12. The normalized spacial score (nSPS) is 10.4. The Kier molecular flexibility index (Phi) is 86.3. The van der Waals surface area contributed by atoms with E-state index < -0.39 is 0 Å². The Morgan fingerprint density at radius 3 is 1.40 bits per heavy atom. The number of para-hydroxylation sites is 2. The number of hydrogen-bond acceptors (Lipinski definition) is 15. The third-order valence-corrected chi connectivity index (χ3v) is 19.2. The van der Waals surface area contributed by atoms with Crippen LogP contribution in [0.5, 0.6) is 0 Å². The molecule has 16 nitrogen and oxygen atoms in total. The molecule has 0 aliphatic carbocycles. The lowest BCUT2D eigenvalue weighted by atomic mass is 10.1. The van der Waals surface area contributed by atoms with Crippen molar-refractivity contribution in [3.8, 4) is 16.8 Å². The molecule has 2 aliphatic heterocycles. The second-order valence-corrected chi connectivity index (χ2v) is 29.8. The van der Waals surface area contributed by atoms with Crippen molar-refractivity contribution < 1.29 is 9.05 Å². The number of aromatic amines is 1. The number of H-pyrrole nitrogens is 1. The first kappa shape index (κ1) is 133. The standard InChI is InChI=1S/2C11H10.C10H9NO.3C10H9N.C9H9N3O.C6H11N3.C5H7N.C5H10S.C4H5NO.C4H5NS.12C2H6/c1-9-5-4-7-10-6-2-3-8-11(9)10;1-9-6-7-10-4-2-3-5-11(10)8-9;1-8-2-4-9(5-3-8)10-6-11-12-7-10;1-8-4-2-5-9-6-3-7-11-10(8)9;1-8-4-5-9-3-2-6-11-10(9)7-8;1-8-6-9-4-2-3-5-10(9)11-7-8;1-7-2-4-8(5-3-7)12-6-10-11-9(12)13;1-6(2,3)9-5-7-4-8-9;1-5-3-2-4-6-5;1-5-2-3-6-4-5;1-4-2-3-5-6-4;1-4-2-6-3-5-4;12*1-2/h2*2-8H,1H3;2-7H,1H3;3*2-7H,1H3;2-6H,1H3,(H,11,13);4-5H,1-3H3;3-4H,2H2,1H3;5H,2-4H2,1H3;2*2-3H,1H3;12*1-2H3. The van der Waals surface area contributed by atoms with Gasteiger partial charge in [0.15, 0.2) is 0 Å². The predicted octanol–water partition coefficient (Wildman–Crippen LogP) is 36.4. The van der Waals surface area contributed by atoms with Gasteiger partial charge in [-0.05, 0) is 206 Å². The Morgan fingerprint density at radius 2 is 0.956 bits per heavy atom. The zero-order valence-corrected chi connectivity index (χ0v) is 92.9. The van der Waals surface area contributed by atoms with Crippen molar-refractivity contribution in [2.24, 2.45) is 10.9 Å². The molecule has 0 bridgehead atoms. The van der Waals surface area contributed by atoms with E-state index in [9.17, 15) is 4.79 Å². The fourth-order valence-electron chi connectivity index (χ4n) is 10.8. The molecule has 1 unspecified atom stereocenters. The fraction of sp³-hybridized carbons (Fsp3) is 0.370. The number of aliphatic imine (C=N–C) groups is 1. The predicted molar refractivity (Wildman–Crippen MR) is 610 cm³/mol. The summed E-state index contributed by atoms with van der Waals surface area (Å²) in [7, 11) is 0. The van der Waals surface area contributed by atoms with Gasteiger partial charge in [-0.2, -0.15) is 22.0 Å². The van der Waals surface area contributed by atoms with Crippen LogP contribution in [0.4, 0.5) is 0 Å². The van der Waals surface area contributed by atoms with Crippen LogP contribution in [0.25, 0.3) is 71.1 Å². The second kappa shape index (κ2) is 88.9. The fourth-order valence-corrected chi connectivity index (χ4v) is 12.6. The molecule has 10 heterocycles. The van der Waals surface area contributed by atoms with E-state index in [0.717, 1.165) is 62.9 Å². The van der Waals surface area contributed by atoms with Crippen molar-refractivity contribution in [2.75, 3.05) is 11.5 Å². The molecule has 0 radical (unpaired) electrons. The molecule has 17 aromatic rings. The third-order valence-electron chi connectivity index (χ3n) is 17.1. The molecular formula is C119H175N13O3S2. The van der Waals surface area contributed by atoms with E-state index in [0.29, 0.717) is 0 Å². The SMILES string of the molecule is CC.CC.CC.CC.CC.CC.CC.CC.CC.CC.CC.CC.CC(C)(C)n1cncn1.CC1=CCC=N1.CC1CCSC1.Cc1ccc(-c2cnoc2)cc1.Cc1ccc(-n2cn[nH]c2=O)cc1.Cc1ccc2ccccc2c1.Cc1ccc2cccnc2c1.Cc1cccc2ccccc12.Cc1cccc2cccnc12.Cc1ccno1.Cc1cnc2ccccc2c1.Cc1cscn1. The third kappa shape index (κ3) is 59.3. The van der Waals surface area contributed by atoms with Gasteiger partial charge in [-0.25, -0.2) is 24.1 Å². The second-order valence-electron chi connectivity index (χ2n) is 28.0. The quantitative estimate of drug-likeness (QED) is 0.172. The van der Waals surface area contributed by atoms with Gasteiger partial charge in [-0.3, -0.25) is 24.9 Å². The van der Waals surface area contributed by atoms with E-state index in [1.807, 2.05) is 289 Å². The van der Waals surface area contributed by atoms with Crippen LogP contribution in [0.1, 0.15) is 264 Å². The number of benzene rings is 9. The minimum Gasteiger partial charge on any atom is -0.364 e.